The van der Waals surface area contributed by atoms with E-state index in [4.69, 9.17) is 4.74 Å². The minimum atomic E-state index is -0.549. The molecule has 2 bridgehead atoms. The summed E-state index contributed by atoms with van der Waals surface area (Å²) in [5.41, 5.74) is 3.58. The quantitative estimate of drug-likeness (QED) is 0.697. The predicted molar refractivity (Wildman–Crippen MR) is 100 cm³/mol. The fourth-order valence-corrected chi connectivity index (χ4v) is 4.58. The van der Waals surface area contributed by atoms with Gasteiger partial charge in [-0.05, 0) is 54.7 Å². The average Bonchev–Trinajstić information content (AvgIpc) is 3.18. The summed E-state index contributed by atoms with van der Waals surface area (Å²) in [7, 11) is 0. The van der Waals surface area contributed by atoms with E-state index in [9.17, 15) is 14.7 Å². The molecule has 3 atom stereocenters. The second-order valence-electron chi connectivity index (χ2n) is 8.08. The third kappa shape index (κ3) is 4.17. The maximum Gasteiger partial charge on any atom is 0.309 e. The summed E-state index contributed by atoms with van der Waals surface area (Å²) in [6.45, 7) is 0.841. The van der Waals surface area contributed by atoms with Crippen molar-refractivity contribution < 1.29 is 19.4 Å². The minimum absolute atomic E-state index is 0.0638. The monoisotopic (exact) mass is 372 g/mol. The van der Waals surface area contributed by atoms with Crippen LogP contribution in [-0.2, 0) is 27.2 Å². The highest BCUT2D eigenvalue weighted by molar-refractivity contribution is 6.35. The van der Waals surface area contributed by atoms with Crippen LogP contribution in [-0.4, -0.2) is 42.2 Å². The van der Waals surface area contributed by atoms with Crippen molar-refractivity contribution in [2.75, 3.05) is 13.2 Å². The van der Waals surface area contributed by atoms with Gasteiger partial charge >= 0.3 is 11.8 Å². The van der Waals surface area contributed by atoms with Crippen LogP contribution < -0.4 is 10.6 Å². The van der Waals surface area contributed by atoms with Crippen LogP contribution in [0, 0.1) is 5.92 Å². The van der Waals surface area contributed by atoms with Crippen molar-refractivity contribution in [1.29, 1.82) is 0 Å². The number of ether oxygens (including phenoxy) is 1. The van der Waals surface area contributed by atoms with Crippen LogP contribution in [0.5, 0.6) is 0 Å². The van der Waals surface area contributed by atoms with Gasteiger partial charge in [-0.15, -0.1) is 0 Å². The Morgan fingerprint density at radius 3 is 2.81 bits per heavy atom. The van der Waals surface area contributed by atoms with Crippen molar-refractivity contribution in [3.63, 3.8) is 0 Å². The molecule has 0 radical (unpaired) electrons. The molecular weight excluding hydrogens is 344 g/mol. The normalized spacial score (nSPS) is 27.1. The van der Waals surface area contributed by atoms with Crippen LogP contribution >= 0.6 is 0 Å². The molecule has 4 rings (SSSR count). The first-order valence-electron chi connectivity index (χ1n) is 10.1. The Kier molecular flexibility index (Phi) is 5.45. The van der Waals surface area contributed by atoms with E-state index in [0.29, 0.717) is 25.5 Å². The highest BCUT2D eigenvalue weighted by Crippen LogP contribution is 2.41. The van der Waals surface area contributed by atoms with E-state index < -0.39 is 11.8 Å². The number of aliphatic hydroxyl groups is 1. The number of amides is 2. The van der Waals surface area contributed by atoms with Gasteiger partial charge < -0.3 is 20.5 Å². The standard InChI is InChI=1S/C21H28N2O4/c24-18-12-27-19-11-15(18)10-14-6-5-13(9-17(14)19)7-8-22-20(25)21(26)23-16-3-1-2-4-16/h5-6,9,15-16,18-19,24H,1-4,7-8,10-12H2,(H,22,25)(H,23,26)/t15-,18+,19+/m0/s1. The molecule has 0 aromatic heterocycles. The molecule has 1 aromatic carbocycles. The molecule has 146 valence electrons. The Morgan fingerprint density at radius 2 is 2.00 bits per heavy atom. The van der Waals surface area contributed by atoms with Gasteiger partial charge in [-0.1, -0.05) is 31.0 Å². The minimum Gasteiger partial charge on any atom is -0.390 e. The average molecular weight is 372 g/mol. The Balaban J connectivity index is 1.29. The lowest BCUT2D eigenvalue weighted by Crippen LogP contribution is -2.44. The molecule has 2 aliphatic carbocycles. The summed E-state index contributed by atoms with van der Waals surface area (Å²) in [5.74, 6) is -0.778. The van der Waals surface area contributed by atoms with Gasteiger partial charge in [0.2, 0.25) is 0 Å². The van der Waals surface area contributed by atoms with Gasteiger partial charge in [0.05, 0.1) is 18.8 Å². The molecule has 3 N–H and O–H groups in total. The van der Waals surface area contributed by atoms with Crippen molar-refractivity contribution >= 4 is 11.8 Å². The van der Waals surface area contributed by atoms with Crippen molar-refractivity contribution in [3.05, 3.63) is 34.9 Å². The van der Waals surface area contributed by atoms with Crippen LogP contribution in [0.2, 0.25) is 0 Å². The number of nitrogens with one attached hydrogen (secondary N) is 2. The number of fused-ring (bicyclic) bond motifs is 4. The van der Waals surface area contributed by atoms with Crippen LogP contribution in [0.4, 0.5) is 0 Å². The van der Waals surface area contributed by atoms with Gasteiger partial charge in [0.25, 0.3) is 0 Å². The summed E-state index contributed by atoms with van der Waals surface area (Å²) >= 11 is 0. The molecule has 1 heterocycles. The molecule has 1 aliphatic heterocycles. The molecule has 0 unspecified atom stereocenters. The molecule has 27 heavy (non-hydrogen) atoms. The SMILES string of the molecule is O=C(NCCc1ccc2c(c1)[C@H]1C[C@H](C2)[C@H](O)CO1)C(=O)NC1CCCC1. The fraction of sp³-hybridized carbons (Fsp3) is 0.619. The first-order valence-corrected chi connectivity index (χ1v) is 10.1. The Bertz CT molecular complexity index is 714. The Labute approximate surface area is 159 Å². The molecule has 1 aromatic rings. The van der Waals surface area contributed by atoms with E-state index in [1.54, 1.807) is 0 Å². The molecule has 3 aliphatic rings. The molecule has 1 saturated heterocycles. The van der Waals surface area contributed by atoms with Crippen molar-refractivity contribution in [2.24, 2.45) is 5.92 Å². The number of hydrogen-bond acceptors (Lipinski definition) is 4. The zero-order valence-electron chi connectivity index (χ0n) is 15.6. The smallest absolute Gasteiger partial charge is 0.309 e. The van der Waals surface area contributed by atoms with Gasteiger partial charge in [0.15, 0.2) is 0 Å². The number of rotatable bonds is 4. The second kappa shape index (κ2) is 7.98. The van der Waals surface area contributed by atoms with Crippen molar-refractivity contribution in [3.8, 4) is 0 Å². The maximum atomic E-state index is 12.0. The van der Waals surface area contributed by atoms with Gasteiger partial charge in [-0.2, -0.15) is 0 Å². The van der Waals surface area contributed by atoms with Gasteiger partial charge in [-0.25, -0.2) is 0 Å². The highest BCUT2D eigenvalue weighted by Gasteiger charge is 2.36. The first kappa shape index (κ1) is 18.4. The number of aliphatic hydroxyl groups excluding tert-OH is 1. The lowest BCUT2D eigenvalue weighted by atomic mass is 9.77. The van der Waals surface area contributed by atoms with E-state index in [0.717, 1.165) is 44.1 Å². The third-order valence-electron chi connectivity index (χ3n) is 6.16. The zero-order valence-corrected chi connectivity index (χ0v) is 15.6. The molecule has 0 spiro atoms. The fourth-order valence-electron chi connectivity index (χ4n) is 4.58. The molecule has 6 heteroatoms. The number of carbonyl (C=O) groups excluding carboxylic acids is 2. The van der Waals surface area contributed by atoms with Crippen LogP contribution in [0.1, 0.15) is 54.9 Å². The van der Waals surface area contributed by atoms with E-state index >= 15 is 0 Å². The topological polar surface area (TPSA) is 87.7 Å². The summed E-state index contributed by atoms with van der Waals surface area (Å²) in [4.78, 5) is 23.9. The number of benzene rings is 1. The second-order valence-corrected chi connectivity index (χ2v) is 8.08. The van der Waals surface area contributed by atoms with Gasteiger partial charge in [0, 0.05) is 12.6 Å². The predicted octanol–water partition coefficient (Wildman–Crippen LogP) is 1.40. The zero-order chi connectivity index (χ0) is 18.8. The van der Waals surface area contributed by atoms with E-state index in [2.05, 4.69) is 28.8 Å². The number of hydrogen-bond donors (Lipinski definition) is 3. The van der Waals surface area contributed by atoms with E-state index in [1.165, 1.54) is 11.1 Å². The highest BCUT2D eigenvalue weighted by atomic mass is 16.5. The van der Waals surface area contributed by atoms with Crippen molar-refractivity contribution in [2.45, 2.75) is 63.2 Å². The first-order chi connectivity index (χ1) is 13.1. The molecule has 2 fully saturated rings. The number of carbonyl (C=O) groups is 2. The largest absolute Gasteiger partial charge is 0.390 e. The Morgan fingerprint density at radius 1 is 1.19 bits per heavy atom. The van der Waals surface area contributed by atoms with Crippen molar-refractivity contribution in [1.82, 2.24) is 10.6 Å². The van der Waals surface area contributed by atoms with Crippen LogP contribution in [0.25, 0.3) is 0 Å². The molecule has 2 amide bonds. The third-order valence-corrected chi connectivity index (χ3v) is 6.16. The molecule has 1 saturated carbocycles. The van der Waals surface area contributed by atoms with E-state index in [-0.39, 0.29) is 18.2 Å². The summed E-state index contributed by atoms with van der Waals surface area (Å²) < 4.78 is 5.81. The maximum absolute atomic E-state index is 12.0. The molecule has 6 nitrogen and oxygen atoms in total. The Hall–Kier alpha value is -1.92. The lowest BCUT2D eigenvalue weighted by Gasteiger charge is -2.39. The van der Waals surface area contributed by atoms with Crippen LogP contribution in [0.3, 0.4) is 0 Å². The summed E-state index contributed by atoms with van der Waals surface area (Å²) in [6, 6.07) is 6.48. The molecular formula is C21H28N2O4. The van der Waals surface area contributed by atoms with Gasteiger partial charge in [0.1, 0.15) is 0 Å². The van der Waals surface area contributed by atoms with Gasteiger partial charge in [-0.3, -0.25) is 9.59 Å². The lowest BCUT2D eigenvalue weighted by molar-refractivity contribution is -0.139. The summed E-state index contributed by atoms with van der Waals surface area (Å²) in [5, 5.41) is 15.5. The van der Waals surface area contributed by atoms with Crippen LogP contribution in [0.15, 0.2) is 18.2 Å². The van der Waals surface area contributed by atoms with E-state index in [1.807, 2.05) is 0 Å². The summed E-state index contributed by atoms with van der Waals surface area (Å²) in [6.07, 6.45) is 6.32.